The minimum Gasteiger partial charge on any atom is -0.466 e. The number of halogens is 1. The highest BCUT2D eigenvalue weighted by atomic mass is 32.1. The van der Waals surface area contributed by atoms with E-state index in [4.69, 9.17) is 4.74 Å². The van der Waals surface area contributed by atoms with E-state index in [1.54, 1.807) is 36.1 Å². The first-order valence-corrected chi connectivity index (χ1v) is 10.1. The standard InChI is InChI=1S/C21H20FN5O2S/c1-12-8-13(2)24-19-18(12)20(26-27(19)3)29-11-17(28)25-21-23-10-15(30-21)9-14-6-4-5-7-16(14)22/h4-8,10H,9,11H2,1-3H3,(H,23,25,28). The summed E-state index contributed by atoms with van der Waals surface area (Å²) in [6.45, 7) is 3.67. The molecule has 7 nitrogen and oxygen atoms in total. The molecular weight excluding hydrogens is 405 g/mol. The van der Waals surface area contributed by atoms with E-state index in [0.29, 0.717) is 28.6 Å². The minimum absolute atomic E-state index is 0.207. The average Bonchev–Trinajstić information content (AvgIpc) is 3.26. The van der Waals surface area contributed by atoms with E-state index in [-0.39, 0.29) is 18.3 Å². The van der Waals surface area contributed by atoms with Gasteiger partial charge in [-0.1, -0.05) is 18.2 Å². The first-order chi connectivity index (χ1) is 14.4. The summed E-state index contributed by atoms with van der Waals surface area (Å²) in [6, 6.07) is 8.55. The zero-order valence-corrected chi connectivity index (χ0v) is 17.6. The maximum atomic E-state index is 13.8. The van der Waals surface area contributed by atoms with Crippen molar-refractivity contribution in [1.82, 2.24) is 19.7 Å². The van der Waals surface area contributed by atoms with Gasteiger partial charge in [0.05, 0.1) is 5.39 Å². The van der Waals surface area contributed by atoms with Crippen molar-refractivity contribution in [3.63, 3.8) is 0 Å². The summed E-state index contributed by atoms with van der Waals surface area (Å²) >= 11 is 1.30. The van der Waals surface area contributed by atoms with Gasteiger partial charge in [0.25, 0.3) is 5.91 Å². The quantitative estimate of drug-likeness (QED) is 0.508. The van der Waals surface area contributed by atoms with Gasteiger partial charge < -0.3 is 4.74 Å². The number of hydrogen-bond acceptors (Lipinski definition) is 6. The van der Waals surface area contributed by atoms with Gasteiger partial charge in [-0.3, -0.25) is 10.1 Å². The molecule has 0 atom stereocenters. The topological polar surface area (TPSA) is 81.9 Å². The number of carbonyl (C=O) groups excluding carboxylic acids is 1. The fraction of sp³-hybridized carbons (Fsp3) is 0.238. The van der Waals surface area contributed by atoms with Crippen LogP contribution in [-0.2, 0) is 18.3 Å². The third-order valence-corrected chi connectivity index (χ3v) is 5.46. The largest absolute Gasteiger partial charge is 0.466 e. The Hall–Kier alpha value is -3.33. The smallest absolute Gasteiger partial charge is 0.264 e. The van der Waals surface area contributed by atoms with Gasteiger partial charge in [0.15, 0.2) is 17.4 Å². The van der Waals surface area contributed by atoms with Crippen LogP contribution in [0.1, 0.15) is 21.7 Å². The highest BCUT2D eigenvalue weighted by Gasteiger charge is 2.16. The molecule has 1 N–H and O–H groups in total. The van der Waals surface area contributed by atoms with Gasteiger partial charge in [0.1, 0.15) is 5.82 Å². The Morgan fingerprint density at radius 2 is 2.10 bits per heavy atom. The van der Waals surface area contributed by atoms with Gasteiger partial charge in [0.2, 0.25) is 5.88 Å². The number of rotatable bonds is 6. The van der Waals surface area contributed by atoms with Crippen LogP contribution in [0.5, 0.6) is 5.88 Å². The lowest BCUT2D eigenvalue weighted by Gasteiger charge is -2.05. The summed E-state index contributed by atoms with van der Waals surface area (Å²) in [4.78, 5) is 21.8. The monoisotopic (exact) mass is 425 g/mol. The van der Waals surface area contributed by atoms with E-state index in [2.05, 4.69) is 20.4 Å². The average molecular weight is 425 g/mol. The molecule has 3 aromatic heterocycles. The molecule has 0 radical (unpaired) electrons. The number of hydrogen-bond donors (Lipinski definition) is 1. The van der Waals surface area contributed by atoms with Crippen molar-refractivity contribution in [2.75, 3.05) is 11.9 Å². The number of nitrogens with zero attached hydrogens (tertiary/aromatic N) is 4. The third kappa shape index (κ3) is 4.16. The highest BCUT2D eigenvalue weighted by molar-refractivity contribution is 7.15. The summed E-state index contributed by atoms with van der Waals surface area (Å²) in [5.74, 6) is -0.238. The van der Waals surface area contributed by atoms with Crippen LogP contribution in [0, 0.1) is 19.7 Å². The molecule has 0 fully saturated rings. The molecule has 0 spiro atoms. The van der Waals surface area contributed by atoms with Gasteiger partial charge in [-0.15, -0.1) is 16.4 Å². The van der Waals surface area contributed by atoms with Crippen LogP contribution in [-0.4, -0.2) is 32.3 Å². The van der Waals surface area contributed by atoms with E-state index in [1.165, 1.54) is 17.4 Å². The number of pyridine rings is 1. The number of thiazole rings is 1. The van der Waals surface area contributed by atoms with E-state index in [1.807, 2.05) is 19.9 Å². The van der Waals surface area contributed by atoms with Crippen LogP contribution in [0.25, 0.3) is 11.0 Å². The molecule has 0 unspecified atom stereocenters. The number of amides is 1. The van der Waals surface area contributed by atoms with Crippen molar-refractivity contribution in [2.24, 2.45) is 7.05 Å². The lowest BCUT2D eigenvalue weighted by atomic mass is 10.1. The molecule has 0 aliphatic carbocycles. The Morgan fingerprint density at radius 1 is 1.30 bits per heavy atom. The second-order valence-corrected chi connectivity index (χ2v) is 8.06. The molecule has 4 rings (SSSR count). The van der Waals surface area contributed by atoms with Crippen LogP contribution in [0.15, 0.2) is 36.5 Å². The highest BCUT2D eigenvalue weighted by Crippen LogP contribution is 2.27. The van der Waals surface area contributed by atoms with Crippen molar-refractivity contribution < 1.29 is 13.9 Å². The molecule has 0 aliphatic heterocycles. The van der Waals surface area contributed by atoms with Gasteiger partial charge >= 0.3 is 0 Å². The molecule has 1 aromatic carbocycles. The molecule has 0 bridgehead atoms. The van der Waals surface area contributed by atoms with Crippen LogP contribution in [0.4, 0.5) is 9.52 Å². The van der Waals surface area contributed by atoms with Gasteiger partial charge in [0, 0.05) is 30.2 Å². The number of carbonyl (C=O) groups is 1. The van der Waals surface area contributed by atoms with Crippen LogP contribution in [0.3, 0.4) is 0 Å². The SMILES string of the molecule is Cc1cc(C)c2c(OCC(=O)Nc3ncc(Cc4ccccc4F)s3)nn(C)c2n1. The number of fused-ring (bicyclic) bond motifs is 1. The molecule has 4 aromatic rings. The summed E-state index contributed by atoms with van der Waals surface area (Å²) < 4.78 is 21.1. The number of anilines is 1. The Balaban J connectivity index is 1.40. The molecule has 9 heteroatoms. The molecule has 3 heterocycles. The summed E-state index contributed by atoms with van der Waals surface area (Å²) in [6.07, 6.45) is 2.06. The molecule has 0 saturated carbocycles. The van der Waals surface area contributed by atoms with E-state index in [0.717, 1.165) is 21.5 Å². The van der Waals surface area contributed by atoms with Crippen molar-refractivity contribution in [1.29, 1.82) is 0 Å². The zero-order valence-electron chi connectivity index (χ0n) is 16.8. The van der Waals surface area contributed by atoms with Crippen molar-refractivity contribution in [3.05, 3.63) is 64.0 Å². The maximum absolute atomic E-state index is 13.8. The Bertz CT molecular complexity index is 1230. The fourth-order valence-electron chi connectivity index (χ4n) is 3.22. The van der Waals surface area contributed by atoms with Crippen molar-refractivity contribution in [3.8, 4) is 5.88 Å². The normalized spacial score (nSPS) is 11.1. The Kier molecular flexibility index (Phi) is 5.45. The van der Waals surface area contributed by atoms with Crippen LogP contribution >= 0.6 is 11.3 Å². The summed E-state index contributed by atoms with van der Waals surface area (Å²) in [5.41, 5.74) is 3.17. The van der Waals surface area contributed by atoms with E-state index >= 15 is 0 Å². The van der Waals surface area contributed by atoms with Gasteiger partial charge in [-0.2, -0.15) is 0 Å². The van der Waals surface area contributed by atoms with Crippen molar-refractivity contribution >= 4 is 33.4 Å². The summed E-state index contributed by atoms with van der Waals surface area (Å²) in [7, 11) is 1.79. The third-order valence-electron chi connectivity index (χ3n) is 4.55. The molecule has 1 amide bonds. The second kappa shape index (κ2) is 8.19. The lowest BCUT2D eigenvalue weighted by Crippen LogP contribution is -2.20. The molecule has 0 aliphatic rings. The molecular formula is C21H20FN5O2S. The lowest BCUT2D eigenvalue weighted by molar-refractivity contribution is -0.118. The number of ether oxygens (including phenoxy) is 1. The van der Waals surface area contributed by atoms with Crippen molar-refractivity contribution in [2.45, 2.75) is 20.3 Å². The van der Waals surface area contributed by atoms with Crippen LogP contribution < -0.4 is 10.1 Å². The number of nitrogens with one attached hydrogen (secondary N) is 1. The first-order valence-electron chi connectivity index (χ1n) is 9.32. The van der Waals surface area contributed by atoms with E-state index < -0.39 is 0 Å². The summed E-state index contributed by atoms with van der Waals surface area (Å²) in [5, 5.41) is 8.27. The van der Waals surface area contributed by atoms with E-state index in [9.17, 15) is 9.18 Å². The first kappa shape index (κ1) is 20.0. The minimum atomic E-state index is -0.349. The molecule has 154 valence electrons. The Labute approximate surface area is 176 Å². The number of benzene rings is 1. The zero-order chi connectivity index (χ0) is 21.3. The predicted octanol–water partition coefficient (Wildman–Crippen LogP) is 3.79. The van der Waals surface area contributed by atoms with Crippen LogP contribution in [0.2, 0.25) is 0 Å². The number of aryl methyl sites for hydroxylation is 3. The predicted molar refractivity (Wildman–Crippen MR) is 113 cm³/mol. The fourth-order valence-corrected chi connectivity index (χ4v) is 4.07. The van der Waals surface area contributed by atoms with Gasteiger partial charge in [-0.05, 0) is 37.1 Å². The van der Waals surface area contributed by atoms with Gasteiger partial charge in [-0.25, -0.2) is 19.0 Å². The number of aromatic nitrogens is 4. The second-order valence-electron chi connectivity index (χ2n) is 6.94. The Morgan fingerprint density at radius 3 is 2.90 bits per heavy atom. The molecule has 30 heavy (non-hydrogen) atoms. The molecule has 0 saturated heterocycles. The maximum Gasteiger partial charge on any atom is 0.264 e.